The molecule has 0 bridgehead atoms. The van der Waals surface area contributed by atoms with Crippen molar-refractivity contribution in [2.45, 2.75) is 105 Å². The first-order valence-corrected chi connectivity index (χ1v) is 11.2. The molecule has 0 spiro atoms. The molecular weight excluding hydrogens is 316 g/mol. The number of unbranched alkanes of at least 4 members (excludes halogenated alkanes) is 4. The number of rotatable bonds is 14. The number of benzene rings is 1. The summed E-state index contributed by atoms with van der Waals surface area (Å²) >= 11 is 0. The predicted octanol–water partition coefficient (Wildman–Crippen LogP) is 7.28. The average Bonchev–Trinajstić information content (AvgIpc) is 2.68. The molecule has 2 unspecified atom stereocenters. The third kappa shape index (κ3) is 7.21. The third-order valence-electron chi connectivity index (χ3n) is 5.76. The maximum atomic E-state index is 2.60. The summed E-state index contributed by atoms with van der Waals surface area (Å²) in [5.74, 6) is 0. The Balaban J connectivity index is 2.89. The summed E-state index contributed by atoms with van der Waals surface area (Å²) in [6.07, 6.45) is 10.2. The van der Waals surface area contributed by atoms with Gasteiger partial charge in [-0.2, -0.15) is 0 Å². The second-order valence-electron chi connectivity index (χ2n) is 7.83. The van der Waals surface area contributed by atoms with Crippen molar-refractivity contribution in [2.75, 3.05) is 22.9 Å². The Hall–Kier alpha value is -1.18. The Bertz CT molecular complexity index is 411. The van der Waals surface area contributed by atoms with Crippen LogP contribution in [0.25, 0.3) is 0 Å². The number of hydrogen-bond acceptors (Lipinski definition) is 2. The molecule has 0 N–H and O–H groups in total. The summed E-state index contributed by atoms with van der Waals surface area (Å²) in [5.41, 5.74) is 2.77. The second kappa shape index (κ2) is 13.1. The molecule has 2 heteroatoms. The molecule has 0 aliphatic heterocycles. The molecule has 0 aliphatic rings. The quantitative estimate of drug-likeness (QED) is 0.322. The van der Waals surface area contributed by atoms with Crippen LogP contribution in [0.4, 0.5) is 11.4 Å². The summed E-state index contributed by atoms with van der Waals surface area (Å²) in [7, 11) is 0. The number of nitrogens with zero attached hydrogens (tertiary/aromatic N) is 2. The number of anilines is 2. The molecule has 2 nitrogen and oxygen atoms in total. The molecule has 0 fully saturated rings. The van der Waals surface area contributed by atoms with Gasteiger partial charge in [0.05, 0.1) is 0 Å². The summed E-state index contributed by atoms with van der Waals surface area (Å²) in [6, 6.07) is 10.6. The Morgan fingerprint density at radius 1 is 0.615 bits per heavy atom. The highest BCUT2D eigenvalue weighted by Gasteiger charge is 2.15. The zero-order valence-electron chi connectivity index (χ0n) is 18.4. The second-order valence-corrected chi connectivity index (χ2v) is 7.83. The Morgan fingerprint density at radius 2 is 0.962 bits per heavy atom. The van der Waals surface area contributed by atoms with Crippen LogP contribution in [0.1, 0.15) is 92.9 Å². The van der Waals surface area contributed by atoms with Gasteiger partial charge in [-0.05, 0) is 63.8 Å². The highest BCUT2D eigenvalue weighted by Crippen LogP contribution is 2.26. The highest BCUT2D eigenvalue weighted by molar-refractivity contribution is 5.57. The van der Waals surface area contributed by atoms with Gasteiger partial charge in [0, 0.05) is 36.5 Å². The van der Waals surface area contributed by atoms with E-state index < -0.39 is 0 Å². The fourth-order valence-corrected chi connectivity index (χ4v) is 3.55. The van der Waals surface area contributed by atoms with Gasteiger partial charge in [0.25, 0.3) is 0 Å². The lowest BCUT2D eigenvalue weighted by Gasteiger charge is -2.33. The van der Waals surface area contributed by atoms with E-state index in [2.05, 4.69) is 75.6 Å². The highest BCUT2D eigenvalue weighted by atomic mass is 15.2. The lowest BCUT2D eigenvalue weighted by Crippen LogP contribution is -2.34. The minimum absolute atomic E-state index is 0.605. The molecule has 0 aromatic heterocycles. The van der Waals surface area contributed by atoms with E-state index in [0.717, 1.165) is 0 Å². The normalized spacial score (nSPS) is 13.5. The fraction of sp³-hybridized carbons (Fsp3) is 0.750. The minimum Gasteiger partial charge on any atom is -0.369 e. The maximum Gasteiger partial charge on any atom is 0.0370 e. The van der Waals surface area contributed by atoms with E-state index >= 15 is 0 Å². The Morgan fingerprint density at radius 3 is 1.23 bits per heavy atom. The van der Waals surface area contributed by atoms with E-state index in [1.165, 1.54) is 75.8 Å². The van der Waals surface area contributed by atoms with E-state index in [9.17, 15) is 0 Å². The van der Waals surface area contributed by atoms with Crippen LogP contribution in [0.5, 0.6) is 0 Å². The molecule has 2 atom stereocenters. The van der Waals surface area contributed by atoms with Crippen LogP contribution in [0.2, 0.25) is 0 Å². The van der Waals surface area contributed by atoms with E-state index in [1.807, 2.05) is 0 Å². The van der Waals surface area contributed by atoms with Crippen molar-refractivity contribution < 1.29 is 0 Å². The van der Waals surface area contributed by atoms with Crippen molar-refractivity contribution in [1.82, 2.24) is 0 Å². The van der Waals surface area contributed by atoms with E-state index in [1.54, 1.807) is 0 Å². The van der Waals surface area contributed by atoms with Gasteiger partial charge in [0.1, 0.15) is 0 Å². The maximum absolute atomic E-state index is 2.60. The zero-order chi connectivity index (χ0) is 19.4. The van der Waals surface area contributed by atoms with Crippen molar-refractivity contribution in [2.24, 2.45) is 0 Å². The molecule has 1 rings (SSSR count). The largest absolute Gasteiger partial charge is 0.369 e. The van der Waals surface area contributed by atoms with Crippen LogP contribution in [0, 0.1) is 0 Å². The van der Waals surface area contributed by atoms with Crippen LogP contribution in [-0.4, -0.2) is 25.2 Å². The lowest BCUT2D eigenvalue weighted by atomic mass is 10.1. The first kappa shape index (κ1) is 22.9. The van der Waals surface area contributed by atoms with Gasteiger partial charge < -0.3 is 9.80 Å². The molecule has 0 saturated carbocycles. The summed E-state index contributed by atoms with van der Waals surface area (Å²) in [6.45, 7) is 16.2. The van der Waals surface area contributed by atoms with Gasteiger partial charge in [-0.25, -0.2) is 0 Å². The standard InChI is InChI=1S/C24H44N2/c1-7-11-13-19-25(21(5)9-3)23-15-17-24(18-16-23)26(22(6)10-4)20-14-12-8-2/h15-18,21-22H,7-14,19-20H2,1-6H3. The summed E-state index contributed by atoms with van der Waals surface area (Å²) in [5, 5.41) is 0. The number of hydrogen-bond donors (Lipinski definition) is 0. The van der Waals surface area contributed by atoms with Gasteiger partial charge in [-0.1, -0.05) is 53.4 Å². The monoisotopic (exact) mass is 360 g/mol. The summed E-state index contributed by atoms with van der Waals surface area (Å²) < 4.78 is 0. The molecule has 0 radical (unpaired) electrons. The van der Waals surface area contributed by atoms with Crippen molar-refractivity contribution in [3.8, 4) is 0 Å². The van der Waals surface area contributed by atoms with Crippen LogP contribution in [0.15, 0.2) is 24.3 Å². The average molecular weight is 361 g/mol. The molecule has 0 amide bonds. The van der Waals surface area contributed by atoms with Crippen molar-refractivity contribution >= 4 is 11.4 Å². The Kier molecular flexibility index (Phi) is 11.5. The first-order valence-electron chi connectivity index (χ1n) is 11.2. The van der Waals surface area contributed by atoms with Gasteiger partial charge in [0.15, 0.2) is 0 Å². The van der Waals surface area contributed by atoms with E-state index in [0.29, 0.717) is 12.1 Å². The minimum atomic E-state index is 0.605. The molecule has 0 saturated heterocycles. The van der Waals surface area contributed by atoms with Crippen molar-refractivity contribution in [1.29, 1.82) is 0 Å². The predicted molar refractivity (Wildman–Crippen MR) is 120 cm³/mol. The van der Waals surface area contributed by atoms with Crippen LogP contribution in [-0.2, 0) is 0 Å². The SMILES string of the molecule is CCCCCN(c1ccc(N(CCCCC)C(C)CC)cc1)C(C)CC. The first-order chi connectivity index (χ1) is 12.6. The van der Waals surface area contributed by atoms with Crippen molar-refractivity contribution in [3.05, 3.63) is 24.3 Å². The fourth-order valence-electron chi connectivity index (χ4n) is 3.55. The van der Waals surface area contributed by atoms with Crippen LogP contribution < -0.4 is 9.80 Å². The lowest BCUT2D eigenvalue weighted by molar-refractivity contribution is 0.581. The molecular formula is C24H44N2. The molecule has 1 aromatic carbocycles. The van der Waals surface area contributed by atoms with Crippen LogP contribution in [0.3, 0.4) is 0 Å². The molecule has 1 aromatic rings. The summed E-state index contributed by atoms with van der Waals surface area (Å²) in [4.78, 5) is 5.20. The molecule has 150 valence electrons. The van der Waals surface area contributed by atoms with Gasteiger partial charge >= 0.3 is 0 Å². The van der Waals surface area contributed by atoms with Gasteiger partial charge in [-0.3, -0.25) is 0 Å². The topological polar surface area (TPSA) is 6.48 Å². The van der Waals surface area contributed by atoms with Gasteiger partial charge in [-0.15, -0.1) is 0 Å². The molecule has 26 heavy (non-hydrogen) atoms. The van der Waals surface area contributed by atoms with E-state index in [-0.39, 0.29) is 0 Å². The smallest absolute Gasteiger partial charge is 0.0370 e. The third-order valence-corrected chi connectivity index (χ3v) is 5.76. The Labute approximate surface area is 164 Å². The zero-order valence-corrected chi connectivity index (χ0v) is 18.4. The van der Waals surface area contributed by atoms with Crippen molar-refractivity contribution in [3.63, 3.8) is 0 Å². The molecule has 0 heterocycles. The van der Waals surface area contributed by atoms with Crippen LogP contribution >= 0.6 is 0 Å². The molecule has 0 aliphatic carbocycles. The van der Waals surface area contributed by atoms with E-state index in [4.69, 9.17) is 0 Å². The van der Waals surface area contributed by atoms with Gasteiger partial charge in [0.2, 0.25) is 0 Å².